The third-order valence-corrected chi connectivity index (χ3v) is 2.63. The highest BCUT2D eigenvalue weighted by Gasteiger charge is 2.07. The summed E-state index contributed by atoms with van der Waals surface area (Å²) in [5.74, 6) is 0.256. The number of fused-ring (bicyclic) bond motifs is 1. The number of benzene rings is 2. The zero-order chi connectivity index (χ0) is 13.8. The zero-order valence-electron chi connectivity index (χ0n) is 11.3. The quantitative estimate of drug-likeness (QED) is 0.615. The first-order valence-corrected chi connectivity index (χ1v) is 6.35. The van der Waals surface area contributed by atoms with E-state index < -0.39 is 0 Å². The summed E-state index contributed by atoms with van der Waals surface area (Å²) in [5, 5.41) is 0. The van der Waals surface area contributed by atoms with E-state index in [1.807, 2.05) is 39.0 Å². The van der Waals surface area contributed by atoms with E-state index in [-0.39, 0.29) is 5.82 Å². The van der Waals surface area contributed by atoms with Gasteiger partial charge in [-0.15, -0.1) is 0 Å². The van der Waals surface area contributed by atoms with Gasteiger partial charge in [0.05, 0.1) is 0 Å². The lowest BCUT2D eigenvalue weighted by atomic mass is 10.2. The van der Waals surface area contributed by atoms with E-state index >= 15 is 0 Å². The number of nitrogens with zero attached hydrogens (tertiary/aromatic N) is 1. The minimum Gasteiger partial charge on any atom is -0.436 e. The molecule has 0 saturated heterocycles. The van der Waals surface area contributed by atoms with Gasteiger partial charge in [-0.2, -0.15) is 0 Å². The van der Waals surface area contributed by atoms with E-state index in [2.05, 4.69) is 4.98 Å². The highest BCUT2D eigenvalue weighted by Crippen LogP contribution is 2.24. The summed E-state index contributed by atoms with van der Waals surface area (Å²) in [5.41, 5.74) is 3.48. The van der Waals surface area contributed by atoms with Crippen LogP contribution in [0.4, 0.5) is 4.39 Å². The molecule has 0 fully saturated rings. The van der Waals surface area contributed by atoms with Crippen LogP contribution in [0.3, 0.4) is 0 Å². The highest BCUT2D eigenvalue weighted by atomic mass is 19.1. The van der Waals surface area contributed by atoms with E-state index in [1.54, 1.807) is 12.1 Å². The Morgan fingerprint density at radius 3 is 2.37 bits per heavy atom. The van der Waals surface area contributed by atoms with Crippen LogP contribution in [-0.4, -0.2) is 4.98 Å². The van der Waals surface area contributed by atoms with Gasteiger partial charge in [-0.3, -0.25) is 0 Å². The molecular weight excluding hydrogens is 241 g/mol. The van der Waals surface area contributed by atoms with Crippen molar-refractivity contribution < 1.29 is 8.81 Å². The highest BCUT2D eigenvalue weighted by molar-refractivity contribution is 5.76. The fourth-order valence-corrected chi connectivity index (χ4v) is 1.75. The monoisotopic (exact) mass is 257 g/mol. The molecule has 1 aromatic heterocycles. The van der Waals surface area contributed by atoms with Gasteiger partial charge in [-0.1, -0.05) is 19.9 Å². The Balaban J connectivity index is 0.000000637. The summed E-state index contributed by atoms with van der Waals surface area (Å²) in [7, 11) is 0. The summed E-state index contributed by atoms with van der Waals surface area (Å²) in [6.07, 6.45) is 0. The Morgan fingerprint density at radius 2 is 1.68 bits per heavy atom. The molecule has 0 aliphatic heterocycles. The van der Waals surface area contributed by atoms with Crippen LogP contribution < -0.4 is 0 Å². The van der Waals surface area contributed by atoms with Crippen molar-refractivity contribution in [1.82, 2.24) is 4.98 Å². The van der Waals surface area contributed by atoms with Crippen LogP contribution in [0, 0.1) is 12.7 Å². The molecule has 3 aromatic rings. The Bertz CT molecular complexity index is 671. The van der Waals surface area contributed by atoms with E-state index in [0.29, 0.717) is 5.89 Å². The fourth-order valence-electron chi connectivity index (χ4n) is 1.75. The molecule has 0 saturated carbocycles. The second kappa shape index (κ2) is 5.65. The molecule has 0 bridgehead atoms. The van der Waals surface area contributed by atoms with E-state index in [0.717, 1.165) is 22.2 Å². The van der Waals surface area contributed by atoms with Crippen LogP contribution in [0.2, 0.25) is 0 Å². The summed E-state index contributed by atoms with van der Waals surface area (Å²) < 4.78 is 18.4. The molecule has 0 radical (unpaired) electrons. The standard InChI is InChI=1S/C14H10FNO.C2H6/c1-9-2-7-13-12(8-9)16-14(17-13)10-3-5-11(15)6-4-10;1-2/h2-8H,1H3;1-2H3. The van der Waals surface area contributed by atoms with Crippen LogP contribution in [0.15, 0.2) is 46.9 Å². The lowest BCUT2D eigenvalue weighted by Crippen LogP contribution is -1.78. The molecule has 98 valence electrons. The molecular formula is C16H16FNO. The van der Waals surface area contributed by atoms with Gasteiger partial charge in [0, 0.05) is 5.56 Å². The van der Waals surface area contributed by atoms with Crippen molar-refractivity contribution >= 4 is 11.1 Å². The van der Waals surface area contributed by atoms with Gasteiger partial charge in [0.1, 0.15) is 11.3 Å². The van der Waals surface area contributed by atoms with E-state index in [9.17, 15) is 4.39 Å². The predicted octanol–water partition coefficient (Wildman–Crippen LogP) is 4.97. The third-order valence-electron chi connectivity index (χ3n) is 2.63. The first-order chi connectivity index (χ1) is 9.22. The maximum atomic E-state index is 12.8. The molecule has 19 heavy (non-hydrogen) atoms. The van der Waals surface area contributed by atoms with Crippen LogP contribution in [0.25, 0.3) is 22.6 Å². The Morgan fingerprint density at radius 1 is 1.00 bits per heavy atom. The second-order valence-electron chi connectivity index (χ2n) is 4.00. The largest absolute Gasteiger partial charge is 0.436 e. The van der Waals surface area contributed by atoms with Gasteiger partial charge in [0.25, 0.3) is 0 Å². The fraction of sp³-hybridized carbons (Fsp3) is 0.188. The van der Waals surface area contributed by atoms with Crippen molar-refractivity contribution in [1.29, 1.82) is 0 Å². The lowest BCUT2D eigenvalue weighted by Gasteiger charge is -1.93. The summed E-state index contributed by atoms with van der Waals surface area (Å²) in [6, 6.07) is 11.9. The maximum Gasteiger partial charge on any atom is 0.227 e. The Kier molecular flexibility index (Phi) is 3.95. The van der Waals surface area contributed by atoms with Crippen molar-refractivity contribution in [3.8, 4) is 11.5 Å². The van der Waals surface area contributed by atoms with Gasteiger partial charge in [0.15, 0.2) is 5.58 Å². The number of halogens is 1. The lowest BCUT2D eigenvalue weighted by molar-refractivity contribution is 0.616. The number of hydrogen-bond donors (Lipinski definition) is 0. The molecule has 0 spiro atoms. The number of aromatic nitrogens is 1. The summed E-state index contributed by atoms with van der Waals surface area (Å²) >= 11 is 0. The number of rotatable bonds is 1. The summed E-state index contributed by atoms with van der Waals surface area (Å²) in [6.45, 7) is 6.01. The predicted molar refractivity (Wildman–Crippen MR) is 75.5 cm³/mol. The Hall–Kier alpha value is -2.16. The van der Waals surface area contributed by atoms with Crippen molar-refractivity contribution in [2.45, 2.75) is 20.8 Å². The van der Waals surface area contributed by atoms with Crippen LogP contribution in [0.1, 0.15) is 19.4 Å². The molecule has 0 atom stereocenters. The SMILES string of the molecule is CC.Cc1ccc2oc(-c3ccc(F)cc3)nc2c1. The van der Waals surface area contributed by atoms with Crippen molar-refractivity contribution in [2.24, 2.45) is 0 Å². The van der Waals surface area contributed by atoms with Gasteiger partial charge < -0.3 is 4.42 Å². The number of oxazole rings is 1. The topological polar surface area (TPSA) is 26.0 Å². The molecule has 0 aliphatic carbocycles. The van der Waals surface area contributed by atoms with Gasteiger partial charge in [-0.05, 0) is 48.9 Å². The molecule has 0 N–H and O–H groups in total. The van der Waals surface area contributed by atoms with Gasteiger partial charge in [-0.25, -0.2) is 9.37 Å². The zero-order valence-corrected chi connectivity index (χ0v) is 11.3. The van der Waals surface area contributed by atoms with Crippen molar-refractivity contribution in [3.63, 3.8) is 0 Å². The summed E-state index contributed by atoms with van der Waals surface area (Å²) in [4.78, 5) is 4.38. The first-order valence-electron chi connectivity index (χ1n) is 6.35. The second-order valence-corrected chi connectivity index (χ2v) is 4.00. The molecule has 1 heterocycles. The van der Waals surface area contributed by atoms with Crippen LogP contribution in [0.5, 0.6) is 0 Å². The third kappa shape index (κ3) is 2.81. The smallest absolute Gasteiger partial charge is 0.227 e. The van der Waals surface area contributed by atoms with Crippen LogP contribution >= 0.6 is 0 Å². The molecule has 3 rings (SSSR count). The molecule has 3 heteroatoms. The molecule has 0 amide bonds. The van der Waals surface area contributed by atoms with Crippen molar-refractivity contribution in [3.05, 3.63) is 53.8 Å². The minimum atomic E-state index is -0.263. The normalized spacial score (nSPS) is 10.1. The average molecular weight is 257 g/mol. The minimum absolute atomic E-state index is 0.263. The molecule has 2 aromatic carbocycles. The Labute approximate surface area is 111 Å². The first kappa shape index (κ1) is 13.3. The average Bonchev–Trinajstić information content (AvgIpc) is 2.84. The number of aryl methyl sites for hydroxylation is 1. The molecule has 0 unspecified atom stereocenters. The maximum absolute atomic E-state index is 12.8. The molecule has 2 nitrogen and oxygen atoms in total. The van der Waals surface area contributed by atoms with Crippen LogP contribution in [-0.2, 0) is 0 Å². The molecule has 0 aliphatic rings. The van der Waals surface area contributed by atoms with Gasteiger partial charge >= 0.3 is 0 Å². The van der Waals surface area contributed by atoms with E-state index in [4.69, 9.17) is 4.42 Å². The van der Waals surface area contributed by atoms with Crippen molar-refractivity contribution in [2.75, 3.05) is 0 Å². The number of hydrogen-bond acceptors (Lipinski definition) is 2. The van der Waals surface area contributed by atoms with Gasteiger partial charge in [0.2, 0.25) is 5.89 Å². The van der Waals surface area contributed by atoms with E-state index in [1.165, 1.54) is 12.1 Å².